The van der Waals surface area contributed by atoms with Crippen molar-refractivity contribution in [3.05, 3.63) is 35.9 Å². The van der Waals surface area contributed by atoms with E-state index in [2.05, 4.69) is 19.3 Å². The van der Waals surface area contributed by atoms with Gasteiger partial charge in [-0.15, -0.1) is 0 Å². The summed E-state index contributed by atoms with van der Waals surface area (Å²) >= 11 is 0. The standard InChI is InChI=1S/C19H28N2O4/c1-13(2)17(10-14(3)18(22)24-4)20-21-16(12-25-19(21)23)11-15-8-6-5-7-9-15/h5-9,13-14,16-17,20H,10-12H2,1-4H3/t14-,16+,17-/m1/s1. The summed E-state index contributed by atoms with van der Waals surface area (Å²) in [6, 6.07) is 9.93. The first-order valence-electron chi connectivity index (χ1n) is 8.76. The van der Waals surface area contributed by atoms with Crippen molar-refractivity contribution in [2.45, 2.75) is 45.7 Å². The average molecular weight is 348 g/mol. The van der Waals surface area contributed by atoms with E-state index in [1.165, 1.54) is 7.11 Å². The largest absolute Gasteiger partial charge is 0.469 e. The van der Waals surface area contributed by atoms with Gasteiger partial charge in [0.05, 0.1) is 19.1 Å². The van der Waals surface area contributed by atoms with Crippen molar-refractivity contribution >= 4 is 12.1 Å². The second-order valence-electron chi connectivity index (χ2n) is 6.93. The highest BCUT2D eigenvalue weighted by atomic mass is 16.6. The van der Waals surface area contributed by atoms with E-state index in [4.69, 9.17) is 9.47 Å². The van der Waals surface area contributed by atoms with E-state index in [1.807, 2.05) is 37.3 Å². The maximum Gasteiger partial charge on any atom is 0.424 e. The molecule has 0 aromatic heterocycles. The number of carbonyl (C=O) groups is 2. The van der Waals surface area contributed by atoms with Crippen LogP contribution in [0.25, 0.3) is 0 Å². The van der Waals surface area contributed by atoms with Gasteiger partial charge in [0.15, 0.2) is 0 Å². The van der Waals surface area contributed by atoms with Gasteiger partial charge < -0.3 is 9.47 Å². The van der Waals surface area contributed by atoms with Crippen LogP contribution in [0.4, 0.5) is 4.79 Å². The molecular weight excluding hydrogens is 320 g/mol. The lowest BCUT2D eigenvalue weighted by atomic mass is 9.94. The van der Waals surface area contributed by atoms with Gasteiger partial charge in [0.1, 0.15) is 6.61 Å². The number of methoxy groups -OCH3 is 1. The number of esters is 1. The van der Waals surface area contributed by atoms with Crippen LogP contribution in [0.5, 0.6) is 0 Å². The predicted octanol–water partition coefficient (Wildman–Crippen LogP) is 2.78. The Balaban J connectivity index is 2.04. The van der Waals surface area contributed by atoms with E-state index < -0.39 is 0 Å². The molecule has 138 valence electrons. The van der Waals surface area contributed by atoms with Crippen LogP contribution in [-0.4, -0.2) is 42.9 Å². The number of hydrogen-bond acceptors (Lipinski definition) is 5. The molecule has 2 rings (SSSR count). The highest BCUT2D eigenvalue weighted by molar-refractivity contribution is 5.72. The summed E-state index contributed by atoms with van der Waals surface area (Å²) in [6.45, 7) is 6.33. The Morgan fingerprint density at radius 1 is 1.32 bits per heavy atom. The first kappa shape index (κ1) is 19.2. The van der Waals surface area contributed by atoms with Gasteiger partial charge in [-0.3, -0.25) is 4.79 Å². The van der Waals surface area contributed by atoms with Crippen molar-refractivity contribution in [2.24, 2.45) is 11.8 Å². The summed E-state index contributed by atoms with van der Waals surface area (Å²) in [6.07, 6.45) is 0.945. The van der Waals surface area contributed by atoms with Crippen molar-refractivity contribution < 1.29 is 19.1 Å². The van der Waals surface area contributed by atoms with Crippen LogP contribution in [0.3, 0.4) is 0 Å². The van der Waals surface area contributed by atoms with Gasteiger partial charge in [-0.05, 0) is 24.3 Å². The summed E-state index contributed by atoms with van der Waals surface area (Å²) in [5.74, 6) is -0.230. The summed E-state index contributed by atoms with van der Waals surface area (Å²) < 4.78 is 10.0. The van der Waals surface area contributed by atoms with E-state index in [9.17, 15) is 9.59 Å². The van der Waals surface area contributed by atoms with E-state index in [0.717, 1.165) is 12.0 Å². The van der Waals surface area contributed by atoms with Crippen molar-refractivity contribution in [1.82, 2.24) is 10.4 Å². The SMILES string of the molecule is COC(=O)[C@H](C)C[C@@H](NN1C(=O)OC[C@@H]1Cc1ccccc1)C(C)C. The number of carbonyl (C=O) groups excluding carboxylic acids is 2. The highest BCUT2D eigenvalue weighted by Gasteiger charge is 2.36. The third-order valence-corrected chi connectivity index (χ3v) is 4.60. The zero-order valence-corrected chi connectivity index (χ0v) is 15.4. The lowest BCUT2D eigenvalue weighted by molar-refractivity contribution is -0.145. The third-order valence-electron chi connectivity index (χ3n) is 4.60. The Bertz CT molecular complexity index is 576. The molecule has 1 aliphatic rings. The summed E-state index contributed by atoms with van der Waals surface area (Å²) in [4.78, 5) is 23.9. The minimum absolute atomic E-state index is 0.0296. The number of amides is 1. The van der Waals surface area contributed by atoms with Crippen LogP contribution in [0.15, 0.2) is 30.3 Å². The molecule has 0 saturated carbocycles. The zero-order chi connectivity index (χ0) is 18.4. The fraction of sp³-hybridized carbons (Fsp3) is 0.579. The Labute approximate surface area is 149 Å². The molecule has 1 aliphatic heterocycles. The second-order valence-corrected chi connectivity index (χ2v) is 6.93. The van der Waals surface area contributed by atoms with Gasteiger partial charge in [0.2, 0.25) is 0 Å². The Kier molecular flexibility index (Phi) is 6.82. The van der Waals surface area contributed by atoms with E-state index in [1.54, 1.807) is 5.01 Å². The lowest BCUT2D eigenvalue weighted by Crippen LogP contribution is -2.52. The van der Waals surface area contributed by atoms with Crippen molar-refractivity contribution in [2.75, 3.05) is 13.7 Å². The highest BCUT2D eigenvalue weighted by Crippen LogP contribution is 2.20. The first-order chi connectivity index (χ1) is 11.9. The van der Waals surface area contributed by atoms with Crippen LogP contribution in [0, 0.1) is 11.8 Å². The van der Waals surface area contributed by atoms with Gasteiger partial charge in [0.25, 0.3) is 0 Å². The molecule has 1 heterocycles. The van der Waals surface area contributed by atoms with Crippen molar-refractivity contribution in [1.29, 1.82) is 0 Å². The van der Waals surface area contributed by atoms with Crippen LogP contribution in [0.1, 0.15) is 32.8 Å². The monoisotopic (exact) mass is 348 g/mol. The van der Waals surface area contributed by atoms with Crippen LogP contribution in [-0.2, 0) is 20.7 Å². The molecule has 25 heavy (non-hydrogen) atoms. The summed E-state index contributed by atoms with van der Waals surface area (Å²) in [5.41, 5.74) is 4.45. The number of cyclic esters (lactones) is 1. The quantitative estimate of drug-likeness (QED) is 0.732. The maximum atomic E-state index is 12.2. The predicted molar refractivity (Wildman–Crippen MR) is 94.7 cm³/mol. The molecule has 6 heteroatoms. The Morgan fingerprint density at radius 2 is 2.00 bits per heavy atom. The number of ether oxygens (including phenoxy) is 2. The summed E-state index contributed by atoms with van der Waals surface area (Å²) in [7, 11) is 1.39. The first-order valence-corrected chi connectivity index (χ1v) is 8.76. The van der Waals surface area contributed by atoms with Crippen LogP contribution >= 0.6 is 0 Å². The average Bonchev–Trinajstić information content (AvgIpc) is 2.94. The third kappa shape index (κ3) is 5.19. The molecule has 0 spiro atoms. The fourth-order valence-electron chi connectivity index (χ4n) is 2.99. The molecule has 0 bridgehead atoms. The molecule has 1 saturated heterocycles. The van der Waals surface area contributed by atoms with Gasteiger partial charge >= 0.3 is 12.1 Å². The van der Waals surface area contributed by atoms with Gasteiger partial charge in [0, 0.05) is 6.04 Å². The topological polar surface area (TPSA) is 67.9 Å². The molecule has 3 atom stereocenters. The minimum Gasteiger partial charge on any atom is -0.469 e. The van der Waals surface area contributed by atoms with Gasteiger partial charge in [-0.1, -0.05) is 51.1 Å². The number of hydrogen-bond donors (Lipinski definition) is 1. The van der Waals surface area contributed by atoms with Gasteiger partial charge in [-0.2, -0.15) is 0 Å². The fourth-order valence-corrected chi connectivity index (χ4v) is 2.99. The zero-order valence-electron chi connectivity index (χ0n) is 15.4. The maximum absolute atomic E-state index is 12.2. The van der Waals surface area contributed by atoms with E-state index >= 15 is 0 Å². The molecule has 1 N–H and O–H groups in total. The number of benzene rings is 1. The smallest absolute Gasteiger partial charge is 0.424 e. The molecule has 0 radical (unpaired) electrons. The molecule has 1 aromatic rings. The second kappa shape index (κ2) is 8.85. The number of rotatable bonds is 8. The number of hydrazine groups is 1. The minimum atomic E-state index is -0.364. The molecule has 0 aliphatic carbocycles. The van der Waals surface area contributed by atoms with Crippen LogP contribution < -0.4 is 5.43 Å². The lowest BCUT2D eigenvalue weighted by Gasteiger charge is -2.31. The normalized spacial score (nSPS) is 19.6. The molecule has 1 aromatic carbocycles. The Morgan fingerprint density at radius 3 is 2.60 bits per heavy atom. The Hall–Kier alpha value is -2.08. The number of nitrogens with zero attached hydrogens (tertiary/aromatic N) is 1. The van der Waals surface area contributed by atoms with Crippen molar-refractivity contribution in [3.63, 3.8) is 0 Å². The molecular formula is C19H28N2O4. The molecule has 1 amide bonds. The van der Waals surface area contributed by atoms with E-state index in [-0.39, 0.29) is 36.0 Å². The molecule has 0 unspecified atom stereocenters. The molecule has 1 fully saturated rings. The van der Waals surface area contributed by atoms with Crippen molar-refractivity contribution in [3.8, 4) is 0 Å². The van der Waals surface area contributed by atoms with E-state index in [0.29, 0.717) is 13.0 Å². The molecule has 6 nitrogen and oxygen atoms in total. The van der Waals surface area contributed by atoms with Crippen LogP contribution in [0.2, 0.25) is 0 Å². The number of nitrogens with one attached hydrogen (secondary N) is 1. The summed E-state index contributed by atoms with van der Waals surface area (Å²) in [5, 5.41) is 1.58. The van der Waals surface area contributed by atoms with Gasteiger partial charge in [-0.25, -0.2) is 15.2 Å².